The lowest BCUT2D eigenvalue weighted by molar-refractivity contribution is 0.0602. The van der Waals surface area contributed by atoms with Gasteiger partial charge in [-0.1, -0.05) is 5.21 Å². The van der Waals surface area contributed by atoms with Crippen LogP contribution in [0.3, 0.4) is 0 Å². The van der Waals surface area contributed by atoms with Crippen molar-refractivity contribution in [2.75, 3.05) is 7.11 Å². The van der Waals surface area contributed by atoms with Crippen LogP contribution in [0.4, 0.5) is 4.39 Å². The SMILES string of the molecule is COC(=O)c1cc(F)c(Br)c2nn[nH]c12. The van der Waals surface area contributed by atoms with Gasteiger partial charge in [0.05, 0.1) is 17.1 Å². The van der Waals surface area contributed by atoms with Gasteiger partial charge in [0.15, 0.2) is 0 Å². The number of ether oxygens (including phenoxy) is 1. The Labute approximate surface area is 91.7 Å². The van der Waals surface area contributed by atoms with E-state index in [0.29, 0.717) is 5.52 Å². The lowest BCUT2D eigenvalue weighted by Crippen LogP contribution is -2.03. The number of hydrogen-bond donors (Lipinski definition) is 1. The number of benzene rings is 1. The number of methoxy groups -OCH3 is 1. The molecule has 0 aliphatic heterocycles. The molecule has 1 N–H and O–H groups in total. The average Bonchev–Trinajstić information content (AvgIpc) is 2.71. The average molecular weight is 274 g/mol. The summed E-state index contributed by atoms with van der Waals surface area (Å²) in [4.78, 5) is 11.3. The Kier molecular flexibility index (Phi) is 2.39. The van der Waals surface area contributed by atoms with Gasteiger partial charge in [-0.15, -0.1) is 5.10 Å². The first kappa shape index (κ1) is 10.0. The second-order valence-corrected chi connectivity index (χ2v) is 3.54. The standard InChI is InChI=1S/C8H5BrFN3O2/c1-15-8(14)3-2-4(10)5(9)7-6(3)11-13-12-7/h2H,1H3,(H,11,12,13). The van der Waals surface area contributed by atoms with Gasteiger partial charge in [0, 0.05) is 0 Å². The van der Waals surface area contributed by atoms with E-state index in [1.807, 2.05) is 0 Å². The third-order valence-corrected chi connectivity index (χ3v) is 2.67. The van der Waals surface area contributed by atoms with Crippen LogP contribution in [0.25, 0.3) is 11.0 Å². The number of carbonyl (C=O) groups excluding carboxylic acids is 1. The Morgan fingerprint density at radius 1 is 1.67 bits per heavy atom. The number of nitrogens with one attached hydrogen (secondary N) is 1. The van der Waals surface area contributed by atoms with Crippen molar-refractivity contribution in [2.24, 2.45) is 0 Å². The highest BCUT2D eigenvalue weighted by atomic mass is 79.9. The zero-order chi connectivity index (χ0) is 11.0. The molecule has 0 bridgehead atoms. The summed E-state index contributed by atoms with van der Waals surface area (Å²) in [5, 5.41) is 9.67. The molecule has 0 amide bonds. The monoisotopic (exact) mass is 273 g/mol. The number of rotatable bonds is 1. The fourth-order valence-electron chi connectivity index (χ4n) is 1.22. The number of aromatic amines is 1. The van der Waals surface area contributed by atoms with Gasteiger partial charge in [-0.3, -0.25) is 5.10 Å². The zero-order valence-corrected chi connectivity index (χ0v) is 9.13. The minimum Gasteiger partial charge on any atom is -0.465 e. The molecule has 0 fully saturated rings. The van der Waals surface area contributed by atoms with E-state index in [4.69, 9.17) is 0 Å². The first-order valence-corrected chi connectivity index (χ1v) is 4.71. The van der Waals surface area contributed by atoms with E-state index in [1.54, 1.807) is 0 Å². The number of esters is 1. The number of nitrogens with zero attached hydrogens (tertiary/aromatic N) is 2. The molecule has 1 aromatic heterocycles. The van der Waals surface area contributed by atoms with E-state index in [9.17, 15) is 9.18 Å². The molecular weight excluding hydrogens is 269 g/mol. The summed E-state index contributed by atoms with van der Waals surface area (Å²) in [5.41, 5.74) is 0.670. The van der Waals surface area contributed by atoms with Crippen LogP contribution in [0.1, 0.15) is 10.4 Å². The molecule has 15 heavy (non-hydrogen) atoms. The summed E-state index contributed by atoms with van der Waals surface area (Å²) in [7, 11) is 1.22. The molecule has 78 valence electrons. The summed E-state index contributed by atoms with van der Waals surface area (Å²) in [6, 6.07) is 1.07. The van der Waals surface area contributed by atoms with E-state index in [1.165, 1.54) is 7.11 Å². The Balaban J connectivity index is 2.80. The molecule has 0 saturated heterocycles. The van der Waals surface area contributed by atoms with Gasteiger partial charge in [-0.2, -0.15) is 0 Å². The van der Waals surface area contributed by atoms with Gasteiger partial charge < -0.3 is 4.74 Å². The predicted octanol–water partition coefficient (Wildman–Crippen LogP) is 1.65. The molecule has 1 aromatic carbocycles. The molecule has 1 heterocycles. The second-order valence-electron chi connectivity index (χ2n) is 2.75. The molecule has 0 aliphatic carbocycles. The van der Waals surface area contributed by atoms with Crippen LogP contribution in [0.15, 0.2) is 10.5 Å². The van der Waals surface area contributed by atoms with Crippen LogP contribution in [-0.2, 0) is 4.74 Å². The van der Waals surface area contributed by atoms with E-state index in [-0.39, 0.29) is 15.6 Å². The van der Waals surface area contributed by atoms with E-state index < -0.39 is 11.8 Å². The first-order chi connectivity index (χ1) is 7.15. The van der Waals surface area contributed by atoms with Gasteiger partial charge in [0.25, 0.3) is 0 Å². The second kappa shape index (κ2) is 3.58. The van der Waals surface area contributed by atoms with Crippen LogP contribution in [0.5, 0.6) is 0 Å². The molecule has 0 atom stereocenters. The quantitative estimate of drug-likeness (QED) is 0.803. The van der Waals surface area contributed by atoms with Crippen molar-refractivity contribution in [3.63, 3.8) is 0 Å². The molecule has 2 aromatic rings. The fraction of sp³-hybridized carbons (Fsp3) is 0.125. The highest BCUT2D eigenvalue weighted by molar-refractivity contribution is 9.10. The fourth-order valence-corrected chi connectivity index (χ4v) is 1.61. The number of H-pyrrole nitrogens is 1. The van der Waals surface area contributed by atoms with Crippen molar-refractivity contribution in [2.45, 2.75) is 0 Å². The molecule has 0 spiro atoms. The zero-order valence-electron chi connectivity index (χ0n) is 7.54. The Morgan fingerprint density at radius 2 is 2.40 bits per heavy atom. The minimum atomic E-state index is -0.641. The number of fused-ring (bicyclic) bond motifs is 1. The van der Waals surface area contributed by atoms with Gasteiger partial charge >= 0.3 is 5.97 Å². The normalized spacial score (nSPS) is 10.6. The topological polar surface area (TPSA) is 67.9 Å². The Bertz CT molecular complexity index is 540. The van der Waals surface area contributed by atoms with Crippen molar-refractivity contribution in [1.29, 1.82) is 0 Å². The molecule has 0 aliphatic rings. The first-order valence-electron chi connectivity index (χ1n) is 3.92. The molecule has 5 nitrogen and oxygen atoms in total. The van der Waals surface area contributed by atoms with Gasteiger partial charge in [-0.25, -0.2) is 9.18 Å². The van der Waals surface area contributed by atoms with Crippen LogP contribution in [-0.4, -0.2) is 28.5 Å². The largest absolute Gasteiger partial charge is 0.465 e. The van der Waals surface area contributed by atoms with Crippen LogP contribution in [0, 0.1) is 5.82 Å². The molecule has 0 radical (unpaired) electrons. The highest BCUT2D eigenvalue weighted by Gasteiger charge is 2.18. The lowest BCUT2D eigenvalue weighted by atomic mass is 10.2. The molecular formula is C8H5BrFN3O2. The summed E-state index contributed by atoms with van der Waals surface area (Å²) in [6.07, 6.45) is 0. The van der Waals surface area contributed by atoms with Crippen LogP contribution >= 0.6 is 15.9 Å². The summed E-state index contributed by atoms with van der Waals surface area (Å²) in [6.45, 7) is 0. The van der Waals surface area contributed by atoms with E-state index in [0.717, 1.165) is 6.07 Å². The van der Waals surface area contributed by atoms with Gasteiger partial charge in [-0.05, 0) is 22.0 Å². The molecule has 0 saturated carbocycles. The van der Waals surface area contributed by atoms with Crippen molar-refractivity contribution >= 4 is 32.9 Å². The van der Waals surface area contributed by atoms with Crippen molar-refractivity contribution in [3.05, 3.63) is 21.9 Å². The number of aromatic nitrogens is 3. The third-order valence-electron chi connectivity index (χ3n) is 1.91. The maximum absolute atomic E-state index is 13.3. The van der Waals surface area contributed by atoms with Crippen LogP contribution < -0.4 is 0 Å². The highest BCUT2D eigenvalue weighted by Crippen LogP contribution is 2.26. The van der Waals surface area contributed by atoms with Crippen LogP contribution in [0.2, 0.25) is 0 Å². The molecule has 0 unspecified atom stereocenters. The third kappa shape index (κ3) is 1.48. The Morgan fingerprint density at radius 3 is 3.07 bits per heavy atom. The van der Waals surface area contributed by atoms with Gasteiger partial charge in [0.2, 0.25) is 0 Å². The lowest BCUT2D eigenvalue weighted by Gasteiger charge is -2.01. The molecule has 2 rings (SSSR count). The van der Waals surface area contributed by atoms with Gasteiger partial charge in [0.1, 0.15) is 16.9 Å². The smallest absolute Gasteiger partial charge is 0.340 e. The predicted molar refractivity (Wildman–Crippen MR) is 52.9 cm³/mol. The summed E-state index contributed by atoms with van der Waals surface area (Å²) >= 11 is 3.02. The van der Waals surface area contributed by atoms with Crippen molar-refractivity contribution in [3.8, 4) is 0 Å². The number of halogens is 2. The van der Waals surface area contributed by atoms with E-state index in [2.05, 4.69) is 36.1 Å². The summed E-state index contributed by atoms with van der Waals surface area (Å²) < 4.78 is 18.0. The summed E-state index contributed by atoms with van der Waals surface area (Å²) in [5.74, 6) is -1.23. The van der Waals surface area contributed by atoms with E-state index >= 15 is 0 Å². The molecule has 7 heteroatoms. The number of carbonyl (C=O) groups is 1. The maximum Gasteiger partial charge on any atom is 0.340 e. The van der Waals surface area contributed by atoms with Crippen molar-refractivity contribution in [1.82, 2.24) is 15.4 Å². The Hall–Kier alpha value is -1.50. The minimum absolute atomic E-state index is 0.0678. The number of hydrogen-bond acceptors (Lipinski definition) is 4. The maximum atomic E-state index is 13.3. The van der Waals surface area contributed by atoms with Crippen molar-refractivity contribution < 1.29 is 13.9 Å².